The second-order valence-electron chi connectivity index (χ2n) is 4.19. The van der Waals surface area contributed by atoms with Crippen molar-refractivity contribution >= 4 is 28.2 Å². The number of aromatic nitrogens is 2. The molecule has 15 heavy (non-hydrogen) atoms. The number of hydrogen-bond acceptors (Lipinski definition) is 2. The number of nitrogens with zero attached hydrogens (tertiary/aromatic N) is 3. The van der Waals surface area contributed by atoms with Gasteiger partial charge in [-0.25, -0.2) is 4.98 Å². The summed E-state index contributed by atoms with van der Waals surface area (Å²) >= 11 is 2.30. The minimum atomic E-state index is 0.703. The van der Waals surface area contributed by atoms with Crippen molar-refractivity contribution in [3.05, 3.63) is 33.8 Å². The number of fused-ring (bicyclic) bond motifs is 1. The van der Waals surface area contributed by atoms with E-state index in [0.29, 0.717) is 5.92 Å². The summed E-state index contributed by atoms with van der Waals surface area (Å²) in [5.74, 6) is 0.703. The normalized spacial score (nSPS) is 18.3. The third-order valence-corrected chi connectivity index (χ3v) is 3.83. The topological polar surface area (TPSA) is 20.5 Å². The van der Waals surface area contributed by atoms with Gasteiger partial charge in [0.25, 0.3) is 0 Å². The number of likely N-dealkylation sites (tertiary alicyclic amines) is 1. The van der Waals surface area contributed by atoms with E-state index in [1.807, 2.05) is 6.20 Å². The molecule has 0 atom stereocenters. The van der Waals surface area contributed by atoms with Gasteiger partial charge in [0, 0.05) is 25.2 Å². The molecule has 2 aromatic heterocycles. The van der Waals surface area contributed by atoms with Crippen LogP contribution in [0.25, 0.3) is 5.65 Å². The molecule has 0 bridgehead atoms. The van der Waals surface area contributed by atoms with Gasteiger partial charge in [-0.05, 0) is 47.3 Å². The molecular formula is C11H12IN3. The standard InChI is InChI=1S/C11H12IN3/c1-14-6-9(7-14)8-2-3-15-10(12)5-13-11(15)4-8/h2-5,9H,6-7H2,1H3. The summed E-state index contributed by atoms with van der Waals surface area (Å²) in [7, 11) is 2.16. The highest BCUT2D eigenvalue weighted by Crippen LogP contribution is 2.26. The van der Waals surface area contributed by atoms with Gasteiger partial charge in [0.05, 0.1) is 6.20 Å². The second kappa shape index (κ2) is 3.45. The van der Waals surface area contributed by atoms with Crippen molar-refractivity contribution in [2.75, 3.05) is 20.1 Å². The van der Waals surface area contributed by atoms with Crippen LogP contribution in [0.2, 0.25) is 0 Å². The third-order valence-electron chi connectivity index (χ3n) is 3.03. The summed E-state index contributed by atoms with van der Waals surface area (Å²) in [4.78, 5) is 6.72. The Balaban J connectivity index is 2.00. The van der Waals surface area contributed by atoms with Crippen molar-refractivity contribution in [1.29, 1.82) is 0 Å². The lowest BCUT2D eigenvalue weighted by Gasteiger charge is -2.36. The van der Waals surface area contributed by atoms with Crippen LogP contribution in [0.1, 0.15) is 11.5 Å². The molecule has 1 aliphatic rings. The van der Waals surface area contributed by atoms with E-state index >= 15 is 0 Å². The average Bonchev–Trinajstić information content (AvgIpc) is 2.55. The lowest BCUT2D eigenvalue weighted by molar-refractivity contribution is 0.190. The summed E-state index contributed by atoms with van der Waals surface area (Å²) in [6, 6.07) is 4.42. The second-order valence-corrected chi connectivity index (χ2v) is 5.29. The summed E-state index contributed by atoms with van der Waals surface area (Å²) in [5.41, 5.74) is 2.48. The SMILES string of the molecule is CN1CC(c2ccn3c(I)cnc3c2)C1. The Bertz CT molecular complexity index is 500. The average molecular weight is 313 g/mol. The van der Waals surface area contributed by atoms with Crippen LogP contribution >= 0.6 is 22.6 Å². The molecule has 0 saturated carbocycles. The van der Waals surface area contributed by atoms with Crippen LogP contribution < -0.4 is 0 Å². The number of hydrogen-bond donors (Lipinski definition) is 0. The number of pyridine rings is 1. The first kappa shape index (κ1) is 9.59. The van der Waals surface area contributed by atoms with Crippen molar-refractivity contribution in [3.63, 3.8) is 0 Å². The van der Waals surface area contributed by atoms with Gasteiger partial charge in [-0.1, -0.05) is 0 Å². The number of likely N-dealkylation sites (N-methyl/N-ethyl adjacent to an activating group) is 1. The molecule has 0 unspecified atom stereocenters. The van der Waals surface area contributed by atoms with E-state index in [2.05, 4.69) is 62.3 Å². The zero-order chi connectivity index (χ0) is 10.4. The Morgan fingerprint density at radius 3 is 3.00 bits per heavy atom. The van der Waals surface area contributed by atoms with Crippen LogP contribution in [0.5, 0.6) is 0 Å². The van der Waals surface area contributed by atoms with Gasteiger partial charge >= 0.3 is 0 Å². The summed E-state index contributed by atoms with van der Waals surface area (Å²) in [6.45, 7) is 2.35. The predicted octanol–water partition coefficient (Wildman–Crippen LogP) is 1.97. The van der Waals surface area contributed by atoms with Crippen molar-refractivity contribution < 1.29 is 0 Å². The maximum atomic E-state index is 4.38. The number of halogens is 1. The van der Waals surface area contributed by atoms with Crippen molar-refractivity contribution in [3.8, 4) is 0 Å². The van der Waals surface area contributed by atoms with Gasteiger partial charge in [-0.2, -0.15) is 0 Å². The molecule has 1 aliphatic heterocycles. The van der Waals surface area contributed by atoms with E-state index in [0.717, 1.165) is 5.65 Å². The van der Waals surface area contributed by atoms with E-state index in [-0.39, 0.29) is 0 Å². The van der Waals surface area contributed by atoms with E-state index in [1.165, 1.54) is 22.4 Å². The Kier molecular flexibility index (Phi) is 2.21. The van der Waals surface area contributed by atoms with Gasteiger partial charge < -0.3 is 4.90 Å². The third kappa shape index (κ3) is 1.56. The van der Waals surface area contributed by atoms with Crippen molar-refractivity contribution in [2.24, 2.45) is 0 Å². The zero-order valence-electron chi connectivity index (χ0n) is 8.52. The minimum Gasteiger partial charge on any atom is -0.305 e. The smallest absolute Gasteiger partial charge is 0.137 e. The van der Waals surface area contributed by atoms with Gasteiger partial charge in [0.15, 0.2) is 0 Å². The molecule has 1 saturated heterocycles. The molecule has 0 N–H and O–H groups in total. The molecule has 0 spiro atoms. The monoisotopic (exact) mass is 313 g/mol. The summed E-state index contributed by atoms with van der Waals surface area (Å²) < 4.78 is 3.28. The van der Waals surface area contributed by atoms with E-state index in [9.17, 15) is 0 Å². The highest BCUT2D eigenvalue weighted by Gasteiger charge is 2.24. The molecule has 78 valence electrons. The first-order valence-electron chi connectivity index (χ1n) is 5.05. The molecule has 0 amide bonds. The fourth-order valence-corrected chi connectivity index (χ4v) is 2.68. The highest BCUT2D eigenvalue weighted by atomic mass is 127. The molecule has 4 heteroatoms. The Morgan fingerprint density at radius 1 is 1.47 bits per heavy atom. The minimum absolute atomic E-state index is 0.703. The Hall–Kier alpha value is -0.620. The predicted molar refractivity (Wildman–Crippen MR) is 68.1 cm³/mol. The molecule has 0 radical (unpaired) electrons. The van der Waals surface area contributed by atoms with Gasteiger partial charge in [0.2, 0.25) is 0 Å². The highest BCUT2D eigenvalue weighted by molar-refractivity contribution is 14.1. The largest absolute Gasteiger partial charge is 0.305 e. The molecular weight excluding hydrogens is 301 g/mol. The maximum absolute atomic E-state index is 4.38. The van der Waals surface area contributed by atoms with Crippen LogP contribution in [0.15, 0.2) is 24.5 Å². The summed E-state index contributed by atoms with van der Waals surface area (Å²) in [6.07, 6.45) is 4.03. The van der Waals surface area contributed by atoms with Crippen molar-refractivity contribution in [2.45, 2.75) is 5.92 Å². The lowest BCUT2D eigenvalue weighted by atomic mass is 9.93. The van der Waals surface area contributed by atoms with Gasteiger partial charge in [0.1, 0.15) is 9.35 Å². The van der Waals surface area contributed by atoms with Gasteiger partial charge in [-0.15, -0.1) is 0 Å². The Morgan fingerprint density at radius 2 is 2.27 bits per heavy atom. The summed E-state index contributed by atoms with van der Waals surface area (Å²) in [5, 5.41) is 0. The molecule has 2 aromatic rings. The lowest BCUT2D eigenvalue weighted by Crippen LogP contribution is -2.41. The quantitative estimate of drug-likeness (QED) is 0.751. The fraction of sp³-hybridized carbons (Fsp3) is 0.364. The van der Waals surface area contributed by atoms with Crippen LogP contribution in [-0.2, 0) is 0 Å². The van der Waals surface area contributed by atoms with Gasteiger partial charge in [-0.3, -0.25) is 4.40 Å². The Labute approximate surface area is 102 Å². The molecule has 0 aliphatic carbocycles. The number of imidazole rings is 1. The van der Waals surface area contributed by atoms with E-state index in [4.69, 9.17) is 0 Å². The zero-order valence-corrected chi connectivity index (χ0v) is 10.7. The molecule has 0 aromatic carbocycles. The number of rotatable bonds is 1. The van der Waals surface area contributed by atoms with Crippen LogP contribution in [0, 0.1) is 3.70 Å². The fourth-order valence-electron chi connectivity index (χ4n) is 2.13. The van der Waals surface area contributed by atoms with E-state index < -0.39 is 0 Å². The first-order valence-corrected chi connectivity index (χ1v) is 6.13. The molecule has 1 fully saturated rings. The van der Waals surface area contributed by atoms with Crippen LogP contribution in [0.4, 0.5) is 0 Å². The van der Waals surface area contributed by atoms with Crippen LogP contribution in [0.3, 0.4) is 0 Å². The molecule has 3 nitrogen and oxygen atoms in total. The van der Waals surface area contributed by atoms with Crippen LogP contribution in [-0.4, -0.2) is 34.4 Å². The maximum Gasteiger partial charge on any atom is 0.137 e. The first-order chi connectivity index (χ1) is 7.24. The molecule has 3 heterocycles. The van der Waals surface area contributed by atoms with E-state index in [1.54, 1.807) is 0 Å². The molecule has 3 rings (SSSR count). The van der Waals surface area contributed by atoms with Crippen molar-refractivity contribution in [1.82, 2.24) is 14.3 Å².